The van der Waals surface area contributed by atoms with Crippen LogP contribution < -0.4 is 10.2 Å². The summed E-state index contributed by atoms with van der Waals surface area (Å²) >= 11 is 0. The molecule has 0 spiro atoms. The summed E-state index contributed by atoms with van der Waals surface area (Å²) in [6.45, 7) is 4.59. The van der Waals surface area contributed by atoms with Gasteiger partial charge in [-0.2, -0.15) is 13.2 Å². The van der Waals surface area contributed by atoms with Gasteiger partial charge in [0, 0.05) is 19.6 Å². The van der Waals surface area contributed by atoms with Crippen LogP contribution in [0.5, 0.6) is 0 Å². The van der Waals surface area contributed by atoms with Crippen LogP contribution in [0, 0.1) is 5.41 Å². The molecular formula is C12H17F3N4. The van der Waals surface area contributed by atoms with E-state index in [0.29, 0.717) is 5.82 Å². The van der Waals surface area contributed by atoms with E-state index in [9.17, 15) is 13.2 Å². The monoisotopic (exact) mass is 274 g/mol. The minimum atomic E-state index is -4.43. The Morgan fingerprint density at radius 1 is 1.37 bits per heavy atom. The van der Waals surface area contributed by atoms with Crippen molar-refractivity contribution in [3.63, 3.8) is 0 Å². The molecule has 4 nitrogen and oxygen atoms in total. The van der Waals surface area contributed by atoms with Crippen molar-refractivity contribution in [2.45, 2.75) is 19.5 Å². The van der Waals surface area contributed by atoms with Gasteiger partial charge in [0.1, 0.15) is 0 Å². The molecule has 1 atom stereocenters. The first-order valence-corrected chi connectivity index (χ1v) is 6.15. The maximum absolute atomic E-state index is 12.4. The third-order valence-electron chi connectivity index (χ3n) is 3.43. The van der Waals surface area contributed by atoms with Crippen molar-refractivity contribution in [3.05, 3.63) is 17.8 Å². The molecule has 2 rings (SSSR count). The number of nitrogens with zero attached hydrogens (tertiary/aromatic N) is 3. The molecule has 2 heterocycles. The van der Waals surface area contributed by atoms with Gasteiger partial charge < -0.3 is 10.2 Å². The van der Waals surface area contributed by atoms with E-state index in [1.54, 1.807) is 0 Å². The Kier molecular flexibility index (Phi) is 3.66. The highest BCUT2D eigenvalue weighted by molar-refractivity contribution is 5.39. The van der Waals surface area contributed by atoms with Crippen molar-refractivity contribution in [1.29, 1.82) is 0 Å². The number of aromatic nitrogens is 2. The second-order valence-electron chi connectivity index (χ2n) is 5.29. The Morgan fingerprint density at radius 2 is 2.11 bits per heavy atom. The van der Waals surface area contributed by atoms with Crippen molar-refractivity contribution in [2.24, 2.45) is 5.41 Å². The van der Waals surface area contributed by atoms with Crippen LogP contribution >= 0.6 is 0 Å². The van der Waals surface area contributed by atoms with Crippen LogP contribution in [0.3, 0.4) is 0 Å². The molecule has 1 unspecified atom stereocenters. The van der Waals surface area contributed by atoms with Crippen molar-refractivity contribution < 1.29 is 13.2 Å². The van der Waals surface area contributed by atoms with Crippen LogP contribution in [-0.4, -0.2) is 36.9 Å². The van der Waals surface area contributed by atoms with Crippen LogP contribution in [0.2, 0.25) is 0 Å². The van der Waals surface area contributed by atoms with Gasteiger partial charge in [-0.1, -0.05) is 6.92 Å². The smallest absolute Gasteiger partial charge is 0.355 e. The quantitative estimate of drug-likeness (QED) is 0.914. The van der Waals surface area contributed by atoms with E-state index < -0.39 is 11.9 Å². The zero-order valence-corrected chi connectivity index (χ0v) is 11.0. The van der Waals surface area contributed by atoms with E-state index in [1.807, 2.05) is 11.9 Å². The number of hydrogen-bond acceptors (Lipinski definition) is 4. The normalized spacial score (nSPS) is 23.9. The van der Waals surface area contributed by atoms with Gasteiger partial charge in [0.15, 0.2) is 11.5 Å². The van der Waals surface area contributed by atoms with E-state index in [-0.39, 0.29) is 5.41 Å². The molecule has 1 saturated heterocycles. The van der Waals surface area contributed by atoms with Gasteiger partial charge in [-0.15, -0.1) is 10.2 Å². The van der Waals surface area contributed by atoms with E-state index >= 15 is 0 Å². The van der Waals surface area contributed by atoms with E-state index in [0.717, 1.165) is 32.1 Å². The summed E-state index contributed by atoms with van der Waals surface area (Å²) in [5, 5.41) is 10.1. The standard InChI is InChI=1S/C12H17F3N4/c1-11(7-16-2)5-6-19(8-11)10-4-3-9(17-18-10)12(13,14)15/h3-4,16H,5-8H2,1-2H3. The number of nitrogens with one attached hydrogen (secondary N) is 1. The maximum atomic E-state index is 12.4. The van der Waals surface area contributed by atoms with Gasteiger partial charge in [-0.25, -0.2) is 0 Å². The molecule has 19 heavy (non-hydrogen) atoms. The molecule has 0 amide bonds. The first kappa shape index (κ1) is 14.0. The molecule has 1 N–H and O–H groups in total. The maximum Gasteiger partial charge on any atom is 0.435 e. The summed E-state index contributed by atoms with van der Waals surface area (Å²) in [5.74, 6) is 0.507. The van der Waals surface area contributed by atoms with E-state index in [4.69, 9.17) is 0 Å². The topological polar surface area (TPSA) is 41.0 Å². The fourth-order valence-corrected chi connectivity index (χ4v) is 2.44. The van der Waals surface area contributed by atoms with Gasteiger partial charge in [-0.05, 0) is 31.0 Å². The molecule has 0 saturated carbocycles. The molecule has 106 valence electrons. The van der Waals surface area contributed by atoms with Crippen molar-refractivity contribution >= 4 is 5.82 Å². The van der Waals surface area contributed by atoms with Gasteiger partial charge in [-0.3, -0.25) is 0 Å². The summed E-state index contributed by atoms with van der Waals surface area (Å²) in [6.07, 6.45) is -3.45. The van der Waals surface area contributed by atoms with Crippen LogP contribution in [0.25, 0.3) is 0 Å². The lowest BCUT2D eigenvalue weighted by atomic mass is 9.90. The lowest BCUT2D eigenvalue weighted by Gasteiger charge is -2.24. The minimum absolute atomic E-state index is 0.124. The molecule has 0 aliphatic carbocycles. The van der Waals surface area contributed by atoms with Crippen molar-refractivity contribution in [3.8, 4) is 0 Å². The summed E-state index contributed by atoms with van der Waals surface area (Å²) in [7, 11) is 1.89. The number of halogens is 3. The highest BCUT2D eigenvalue weighted by atomic mass is 19.4. The number of anilines is 1. The van der Waals surface area contributed by atoms with Crippen molar-refractivity contribution in [1.82, 2.24) is 15.5 Å². The lowest BCUT2D eigenvalue weighted by Crippen LogP contribution is -2.33. The van der Waals surface area contributed by atoms with Gasteiger partial charge in [0.2, 0.25) is 0 Å². The second-order valence-corrected chi connectivity index (χ2v) is 5.29. The van der Waals surface area contributed by atoms with Crippen molar-refractivity contribution in [2.75, 3.05) is 31.6 Å². The summed E-state index contributed by atoms with van der Waals surface area (Å²) in [5.41, 5.74) is -0.826. The average molecular weight is 274 g/mol. The van der Waals surface area contributed by atoms with Gasteiger partial charge >= 0.3 is 6.18 Å². The Hall–Kier alpha value is -1.37. The summed E-state index contributed by atoms with van der Waals surface area (Å²) < 4.78 is 37.2. The molecule has 0 aromatic carbocycles. The zero-order chi connectivity index (χ0) is 14.1. The molecule has 1 aromatic rings. The molecule has 0 radical (unpaired) electrons. The largest absolute Gasteiger partial charge is 0.435 e. The first-order chi connectivity index (χ1) is 8.84. The van der Waals surface area contributed by atoms with E-state index in [1.165, 1.54) is 6.07 Å². The third kappa shape index (κ3) is 3.15. The zero-order valence-electron chi connectivity index (χ0n) is 11.0. The highest BCUT2D eigenvalue weighted by Crippen LogP contribution is 2.32. The molecular weight excluding hydrogens is 257 g/mol. The minimum Gasteiger partial charge on any atom is -0.355 e. The van der Waals surface area contributed by atoms with Crippen LogP contribution in [-0.2, 0) is 6.18 Å². The van der Waals surface area contributed by atoms with E-state index in [2.05, 4.69) is 22.4 Å². The molecule has 1 aliphatic heterocycles. The molecule has 1 aromatic heterocycles. The van der Waals surface area contributed by atoms with Crippen LogP contribution in [0.15, 0.2) is 12.1 Å². The average Bonchev–Trinajstić information content (AvgIpc) is 2.71. The summed E-state index contributed by atoms with van der Waals surface area (Å²) in [4.78, 5) is 1.98. The third-order valence-corrected chi connectivity index (χ3v) is 3.43. The van der Waals surface area contributed by atoms with Crippen LogP contribution in [0.1, 0.15) is 19.0 Å². The van der Waals surface area contributed by atoms with Gasteiger partial charge in [0.05, 0.1) is 0 Å². The Labute approximate surface area is 110 Å². The fraction of sp³-hybridized carbons (Fsp3) is 0.667. The second kappa shape index (κ2) is 4.96. The fourth-order valence-electron chi connectivity index (χ4n) is 2.44. The molecule has 1 aliphatic rings. The molecule has 0 bridgehead atoms. The Bertz CT molecular complexity index is 432. The highest BCUT2D eigenvalue weighted by Gasteiger charge is 2.35. The van der Waals surface area contributed by atoms with Gasteiger partial charge in [0.25, 0.3) is 0 Å². The Balaban J connectivity index is 2.08. The SMILES string of the molecule is CNCC1(C)CCN(c2ccc(C(F)(F)F)nn2)C1. The van der Waals surface area contributed by atoms with Crippen LogP contribution in [0.4, 0.5) is 19.0 Å². The first-order valence-electron chi connectivity index (χ1n) is 6.15. The molecule has 7 heteroatoms. The molecule has 1 fully saturated rings. The predicted molar refractivity (Wildman–Crippen MR) is 65.9 cm³/mol. The number of rotatable bonds is 3. The predicted octanol–water partition coefficient (Wildman–Crippen LogP) is 1.93. The summed E-state index contributed by atoms with van der Waals surface area (Å²) in [6, 6.07) is 2.37. The lowest BCUT2D eigenvalue weighted by molar-refractivity contribution is -0.141. The number of alkyl halides is 3. The Morgan fingerprint density at radius 3 is 2.63 bits per heavy atom. The number of hydrogen-bond donors (Lipinski definition) is 1.